The van der Waals surface area contributed by atoms with Crippen molar-refractivity contribution in [1.29, 1.82) is 0 Å². The maximum atomic E-state index is 12.2. The van der Waals surface area contributed by atoms with Crippen molar-refractivity contribution in [2.75, 3.05) is 18.6 Å². The van der Waals surface area contributed by atoms with Crippen molar-refractivity contribution < 1.29 is 14.3 Å². The summed E-state index contributed by atoms with van der Waals surface area (Å²) >= 11 is 0. The highest BCUT2D eigenvalue weighted by atomic mass is 16.6. The standard InChI is InChI=1S/C25H35NO3/c1-3-4-5-6-7-8-9-13-20-28-24-18-16-23(17-19-24)26(2)25(27)29-21-22-14-11-10-12-15-22/h10-12,14-19H,3-9,13,20-21H2,1-2H3. The SMILES string of the molecule is CCCCCCCCCCOc1ccc(N(C)C(=O)OCc2ccccc2)cc1. The van der Waals surface area contributed by atoms with Crippen molar-refractivity contribution in [2.45, 2.75) is 64.9 Å². The van der Waals surface area contributed by atoms with E-state index in [0.29, 0.717) is 0 Å². The first-order chi connectivity index (χ1) is 14.2. The summed E-state index contributed by atoms with van der Waals surface area (Å²) in [4.78, 5) is 13.7. The van der Waals surface area contributed by atoms with Crippen LogP contribution in [0.1, 0.15) is 63.9 Å². The van der Waals surface area contributed by atoms with Crippen molar-refractivity contribution in [3.63, 3.8) is 0 Å². The highest BCUT2D eigenvalue weighted by Gasteiger charge is 2.12. The van der Waals surface area contributed by atoms with Gasteiger partial charge in [0.15, 0.2) is 0 Å². The van der Waals surface area contributed by atoms with Gasteiger partial charge in [0.05, 0.1) is 6.61 Å². The summed E-state index contributed by atoms with van der Waals surface area (Å²) in [6.45, 7) is 3.26. The second-order valence-corrected chi connectivity index (χ2v) is 7.42. The van der Waals surface area contributed by atoms with Gasteiger partial charge in [-0.15, -0.1) is 0 Å². The molecule has 29 heavy (non-hydrogen) atoms. The average Bonchev–Trinajstić information content (AvgIpc) is 2.77. The van der Waals surface area contributed by atoms with Gasteiger partial charge >= 0.3 is 6.09 Å². The normalized spacial score (nSPS) is 10.6. The molecule has 0 N–H and O–H groups in total. The minimum atomic E-state index is -0.374. The second-order valence-electron chi connectivity index (χ2n) is 7.42. The van der Waals surface area contributed by atoms with Gasteiger partial charge in [0.25, 0.3) is 0 Å². The lowest BCUT2D eigenvalue weighted by Gasteiger charge is -2.17. The summed E-state index contributed by atoms with van der Waals surface area (Å²) < 4.78 is 11.2. The summed E-state index contributed by atoms with van der Waals surface area (Å²) in [6.07, 6.45) is 9.95. The number of anilines is 1. The lowest BCUT2D eigenvalue weighted by Crippen LogP contribution is -2.26. The predicted molar refractivity (Wildman–Crippen MR) is 120 cm³/mol. The number of rotatable bonds is 13. The number of carbonyl (C=O) groups is 1. The molecule has 0 saturated heterocycles. The van der Waals surface area contributed by atoms with E-state index >= 15 is 0 Å². The monoisotopic (exact) mass is 397 g/mol. The fraction of sp³-hybridized carbons (Fsp3) is 0.480. The van der Waals surface area contributed by atoms with Crippen molar-refractivity contribution >= 4 is 11.8 Å². The zero-order valence-electron chi connectivity index (χ0n) is 17.9. The Morgan fingerprint density at radius 1 is 0.828 bits per heavy atom. The molecule has 4 heteroatoms. The highest BCUT2D eigenvalue weighted by Crippen LogP contribution is 2.20. The van der Waals surface area contributed by atoms with Gasteiger partial charge in [-0.2, -0.15) is 0 Å². The largest absolute Gasteiger partial charge is 0.494 e. The zero-order valence-corrected chi connectivity index (χ0v) is 17.9. The van der Waals surface area contributed by atoms with E-state index < -0.39 is 0 Å². The Morgan fingerprint density at radius 3 is 2.10 bits per heavy atom. The molecule has 0 saturated carbocycles. The number of nitrogens with zero attached hydrogens (tertiary/aromatic N) is 1. The molecule has 0 aliphatic carbocycles. The number of hydrogen-bond acceptors (Lipinski definition) is 3. The molecule has 0 unspecified atom stereocenters. The smallest absolute Gasteiger partial charge is 0.414 e. The molecule has 2 aromatic carbocycles. The van der Waals surface area contributed by atoms with E-state index in [4.69, 9.17) is 9.47 Å². The van der Waals surface area contributed by atoms with Crippen LogP contribution in [0.15, 0.2) is 54.6 Å². The Kier molecular flexibility index (Phi) is 10.7. The van der Waals surface area contributed by atoms with E-state index in [9.17, 15) is 4.79 Å². The number of hydrogen-bond donors (Lipinski definition) is 0. The van der Waals surface area contributed by atoms with Crippen molar-refractivity contribution in [3.8, 4) is 5.75 Å². The van der Waals surface area contributed by atoms with Gasteiger partial charge in [-0.1, -0.05) is 82.2 Å². The van der Waals surface area contributed by atoms with Crippen LogP contribution < -0.4 is 9.64 Å². The van der Waals surface area contributed by atoms with Gasteiger partial charge in [0, 0.05) is 12.7 Å². The Labute approximate surface area is 175 Å². The molecule has 2 aromatic rings. The zero-order chi connectivity index (χ0) is 20.7. The quantitative estimate of drug-likeness (QED) is 0.342. The van der Waals surface area contributed by atoms with E-state index in [2.05, 4.69) is 6.92 Å². The Hall–Kier alpha value is -2.49. The molecule has 0 atom stereocenters. The fourth-order valence-corrected chi connectivity index (χ4v) is 3.11. The second kappa shape index (κ2) is 13.6. The van der Waals surface area contributed by atoms with Gasteiger partial charge in [-0.25, -0.2) is 4.79 Å². The lowest BCUT2D eigenvalue weighted by molar-refractivity contribution is 0.148. The molecule has 0 radical (unpaired) electrons. The summed E-state index contributed by atoms with van der Waals surface area (Å²) in [6, 6.07) is 17.2. The third-order valence-electron chi connectivity index (χ3n) is 4.97. The minimum Gasteiger partial charge on any atom is -0.494 e. The molecule has 4 nitrogen and oxygen atoms in total. The third kappa shape index (κ3) is 9.03. The van der Waals surface area contributed by atoms with Crippen LogP contribution in [0.2, 0.25) is 0 Å². The van der Waals surface area contributed by atoms with Crippen molar-refractivity contribution in [2.24, 2.45) is 0 Å². The average molecular weight is 398 g/mol. The predicted octanol–water partition coefficient (Wildman–Crippen LogP) is 6.98. The Balaban J connectivity index is 1.63. The van der Waals surface area contributed by atoms with Crippen LogP contribution in [0.5, 0.6) is 5.75 Å². The van der Waals surface area contributed by atoms with Gasteiger partial charge in [-0.05, 0) is 36.2 Å². The molecule has 0 aliphatic heterocycles. The van der Waals surface area contributed by atoms with Gasteiger partial charge in [0.2, 0.25) is 0 Å². The molecule has 2 rings (SSSR count). The van der Waals surface area contributed by atoms with E-state index in [0.717, 1.165) is 30.0 Å². The molecule has 0 heterocycles. The number of carbonyl (C=O) groups excluding carboxylic acids is 1. The molecular formula is C25H35NO3. The van der Waals surface area contributed by atoms with E-state index in [1.807, 2.05) is 54.6 Å². The first kappa shape index (κ1) is 22.8. The maximum absolute atomic E-state index is 12.2. The summed E-state index contributed by atoms with van der Waals surface area (Å²) in [5, 5.41) is 0. The molecule has 158 valence electrons. The van der Waals surface area contributed by atoms with Gasteiger partial charge < -0.3 is 9.47 Å². The van der Waals surface area contributed by atoms with E-state index in [1.54, 1.807) is 7.05 Å². The molecule has 0 aromatic heterocycles. The van der Waals surface area contributed by atoms with Crippen molar-refractivity contribution in [3.05, 3.63) is 60.2 Å². The molecule has 1 amide bonds. The molecule has 0 bridgehead atoms. The van der Waals surface area contributed by atoms with Crippen LogP contribution in [0.4, 0.5) is 10.5 Å². The summed E-state index contributed by atoms with van der Waals surface area (Å²) in [5.41, 5.74) is 1.75. The van der Waals surface area contributed by atoms with E-state index in [1.165, 1.54) is 49.8 Å². The van der Waals surface area contributed by atoms with Gasteiger partial charge in [0.1, 0.15) is 12.4 Å². The minimum absolute atomic E-state index is 0.268. The van der Waals surface area contributed by atoms with Crippen LogP contribution in [-0.4, -0.2) is 19.7 Å². The molecule has 0 spiro atoms. The lowest BCUT2D eigenvalue weighted by atomic mass is 10.1. The van der Waals surface area contributed by atoms with Gasteiger partial charge in [-0.3, -0.25) is 4.90 Å². The number of amides is 1. The third-order valence-corrected chi connectivity index (χ3v) is 4.97. The Morgan fingerprint density at radius 2 is 1.45 bits per heavy atom. The number of ether oxygens (including phenoxy) is 2. The first-order valence-corrected chi connectivity index (χ1v) is 10.9. The van der Waals surface area contributed by atoms with Crippen LogP contribution in [0.3, 0.4) is 0 Å². The maximum Gasteiger partial charge on any atom is 0.414 e. The first-order valence-electron chi connectivity index (χ1n) is 10.9. The van der Waals surface area contributed by atoms with Crippen LogP contribution in [-0.2, 0) is 11.3 Å². The highest BCUT2D eigenvalue weighted by molar-refractivity contribution is 5.86. The molecular weight excluding hydrogens is 362 g/mol. The molecule has 0 fully saturated rings. The number of unbranched alkanes of at least 4 members (excludes halogenated alkanes) is 7. The topological polar surface area (TPSA) is 38.8 Å². The van der Waals surface area contributed by atoms with E-state index in [-0.39, 0.29) is 12.7 Å². The van der Waals surface area contributed by atoms with Crippen LogP contribution in [0.25, 0.3) is 0 Å². The fourth-order valence-electron chi connectivity index (χ4n) is 3.11. The van der Waals surface area contributed by atoms with Crippen molar-refractivity contribution in [1.82, 2.24) is 0 Å². The van der Waals surface area contributed by atoms with Crippen LogP contribution in [0, 0.1) is 0 Å². The Bertz CT molecular complexity index is 685. The molecule has 0 aliphatic rings. The summed E-state index contributed by atoms with van der Waals surface area (Å²) in [5.74, 6) is 0.836. The van der Waals surface area contributed by atoms with Crippen LogP contribution >= 0.6 is 0 Å². The summed E-state index contributed by atoms with van der Waals surface area (Å²) in [7, 11) is 1.71. The number of benzene rings is 2.